The number of hydrogen-bond donors (Lipinski definition) is 1. The van der Waals surface area contributed by atoms with Crippen LogP contribution in [-0.2, 0) is 9.59 Å². The predicted molar refractivity (Wildman–Crippen MR) is 117 cm³/mol. The van der Waals surface area contributed by atoms with E-state index in [0.717, 1.165) is 71.5 Å². The van der Waals surface area contributed by atoms with Gasteiger partial charge in [0, 0.05) is 63.8 Å². The van der Waals surface area contributed by atoms with Crippen molar-refractivity contribution in [3.63, 3.8) is 0 Å². The monoisotopic (exact) mass is 420 g/mol. The highest BCUT2D eigenvalue weighted by molar-refractivity contribution is 5.83. The maximum absolute atomic E-state index is 13.1. The molecule has 0 saturated carbocycles. The van der Waals surface area contributed by atoms with Gasteiger partial charge in [-0.1, -0.05) is 0 Å². The molecule has 4 fully saturated rings. The summed E-state index contributed by atoms with van der Waals surface area (Å²) in [5.74, 6) is 0.458. The normalized spacial score (nSPS) is 33.4. The second-order valence-corrected chi connectivity index (χ2v) is 9.86. The van der Waals surface area contributed by atoms with E-state index in [2.05, 4.69) is 46.1 Å². The lowest BCUT2D eigenvalue weighted by atomic mass is 10.0. The Labute approximate surface area is 181 Å². The summed E-state index contributed by atoms with van der Waals surface area (Å²) in [4.78, 5) is 37.3. The molecule has 0 bridgehead atoms. The van der Waals surface area contributed by atoms with Crippen LogP contribution in [0, 0.1) is 0 Å². The SMILES string of the molecule is CN1CCC(N2CCC3C2C(=O)NCC(CCC(=O)N2CCN(C)CC2)N3C)CC1. The highest BCUT2D eigenvalue weighted by atomic mass is 16.2. The molecule has 3 atom stereocenters. The van der Waals surface area contributed by atoms with Gasteiger partial charge in [-0.15, -0.1) is 0 Å². The molecular formula is C22H40N6O2. The molecule has 0 radical (unpaired) electrons. The minimum atomic E-state index is -0.0401. The smallest absolute Gasteiger partial charge is 0.239 e. The molecule has 1 N–H and O–H groups in total. The van der Waals surface area contributed by atoms with Crippen LogP contribution in [0.4, 0.5) is 0 Å². The fraction of sp³-hybridized carbons (Fsp3) is 0.909. The summed E-state index contributed by atoms with van der Waals surface area (Å²) in [5, 5.41) is 3.22. The maximum Gasteiger partial charge on any atom is 0.239 e. The van der Waals surface area contributed by atoms with Crippen molar-refractivity contribution < 1.29 is 9.59 Å². The number of carbonyl (C=O) groups excluding carboxylic acids is 2. The second kappa shape index (κ2) is 9.51. The van der Waals surface area contributed by atoms with Crippen molar-refractivity contribution in [2.75, 3.05) is 73.5 Å². The molecule has 0 spiro atoms. The van der Waals surface area contributed by atoms with E-state index >= 15 is 0 Å². The number of amides is 2. The van der Waals surface area contributed by atoms with Gasteiger partial charge in [0.05, 0.1) is 0 Å². The van der Waals surface area contributed by atoms with E-state index in [1.54, 1.807) is 0 Å². The van der Waals surface area contributed by atoms with Crippen LogP contribution < -0.4 is 5.32 Å². The number of fused-ring (bicyclic) bond motifs is 1. The van der Waals surface area contributed by atoms with Crippen LogP contribution in [0.5, 0.6) is 0 Å². The predicted octanol–water partition coefficient (Wildman–Crippen LogP) is -0.492. The Bertz CT molecular complexity index is 615. The minimum absolute atomic E-state index is 0.0401. The van der Waals surface area contributed by atoms with E-state index in [1.807, 2.05) is 4.90 Å². The Kier molecular flexibility index (Phi) is 6.97. The van der Waals surface area contributed by atoms with Crippen LogP contribution in [0.25, 0.3) is 0 Å². The zero-order valence-electron chi connectivity index (χ0n) is 19.1. The van der Waals surface area contributed by atoms with E-state index < -0.39 is 0 Å². The lowest BCUT2D eigenvalue weighted by Gasteiger charge is -2.39. The van der Waals surface area contributed by atoms with Gasteiger partial charge in [-0.25, -0.2) is 0 Å². The molecular weight excluding hydrogens is 380 g/mol. The first kappa shape index (κ1) is 22.0. The molecule has 3 unspecified atom stereocenters. The van der Waals surface area contributed by atoms with E-state index in [-0.39, 0.29) is 29.9 Å². The van der Waals surface area contributed by atoms with Crippen LogP contribution in [-0.4, -0.2) is 134 Å². The molecule has 2 amide bonds. The van der Waals surface area contributed by atoms with Gasteiger partial charge in [-0.2, -0.15) is 0 Å². The van der Waals surface area contributed by atoms with Gasteiger partial charge in [0.15, 0.2) is 0 Å². The molecule has 4 aliphatic rings. The lowest BCUT2D eigenvalue weighted by Crippen LogP contribution is -2.54. The average molecular weight is 421 g/mol. The number of carbonyl (C=O) groups is 2. The van der Waals surface area contributed by atoms with Crippen molar-refractivity contribution in [1.29, 1.82) is 0 Å². The van der Waals surface area contributed by atoms with Crippen LogP contribution in [0.2, 0.25) is 0 Å². The van der Waals surface area contributed by atoms with Crippen LogP contribution >= 0.6 is 0 Å². The molecule has 8 nitrogen and oxygen atoms in total. The first-order valence-corrected chi connectivity index (χ1v) is 11.8. The third kappa shape index (κ3) is 4.66. The van der Waals surface area contributed by atoms with E-state index in [4.69, 9.17) is 0 Å². The maximum atomic E-state index is 13.1. The Morgan fingerprint density at radius 2 is 1.60 bits per heavy atom. The lowest BCUT2D eigenvalue weighted by molar-refractivity contribution is -0.133. The van der Waals surface area contributed by atoms with Gasteiger partial charge < -0.3 is 20.0 Å². The minimum Gasteiger partial charge on any atom is -0.353 e. The average Bonchev–Trinajstić information content (AvgIpc) is 3.14. The topological polar surface area (TPSA) is 62.4 Å². The van der Waals surface area contributed by atoms with Crippen molar-refractivity contribution in [2.45, 2.75) is 56.3 Å². The summed E-state index contributed by atoms with van der Waals surface area (Å²) in [6.45, 7) is 7.49. The molecule has 4 saturated heterocycles. The molecule has 0 aromatic heterocycles. The Morgan fingerprint density at radius 3 is 2.30 bits per heavy atom. The van der Waals surface area contributed by atoms with Crippen molar-refractivity contribution in [3.8, 4) is 0 Å². The van der Waals surface area contributed by atoms with Crippen molar-refractivity contribution in [2.24, 2.45) is 0 Å². The molecule has 4 aliphatic heterocycles. The number of piperazine rings is 1. The number of nitrogens with zero attached hydrogens (tertiary/aromatic N) is 5. The summed E-state index contributed by atoms with van der Waals surface area (Å²) in [7, 11) is 6.46. The molecule has 30 heavy (non-hydrogen) atoms. The van der Waals surface area contributed by atoms with E-state index in [9.17, 15) is 9.59 Å². The molecule has 4 rings (SSSR count). The summed E-state index contributed by atoms with van der Waals surface area (Å²) in [5.41, 5.74) is 0. The largest absolute Gasteiger partial charge is 0.353 e. The van der Waals surface area contributed by atoms with Crippen molar-refractivity contribution in [3.05, 3.63) is 0 Å². The number of nitrogens with one attached hydrogen (secondary N) is 1. The number of hydrogen-bond acceptors (Lipinski definition) is 6. The third-order valence-corrected chi connectivity index (χ3v) is 7.99. The summed E-state index contributed by atoms with van der Waals surface area (Å²) >= 11 is 0. The molecule has 8 heteroatoms. The van der Waals surface area contributed by atoms with Gasteiger partial charge in [0.2, 0.25) is 11.8 Å². The van der Waals surface area contributed by atoms with Crippen LogP contribution in [0.1, 0.15) is 32.1 Å². The molecule has 4 heterocycles. The first-order valence-electron chi connectivity index (χ1n) is 11.8. The van der Waals surface area contributed by atoms with Crippen LogP contribution in [0.15, 0.2) is 0 Å². The van der Waals surface area contributed by atoms with Gasteiger partial charge in [-0.3, -0.25) is 19.4 Å². The Morgan fingerprint density at radius 1 is 0.933 bits per heavy atom. The number of likely N-dealkylation sites (N-methyl/N-ethyl adjacent to an activating group) is 2. The molecule has 0 aromatic rings. The summed E-state index contributed by atoms with van der Waals surface area (Å²) in [6.07, 6.45) is 4.74. The zero-order chi connectivity index (χ0) is 21.3. The quantitative estimate of drug-likeness (QED) is 0.662. The van der Waals surface area contributed by atoms with Crippen molar-refractivity contribution in [1.82, 2.24) is 29.8 Å². The highest BCUT2D eigenvalue weighted by Crippen LogP contribution is 2.31. The van der Waals surface area contributed by atoms with E-state index in [0.29, 0.717) is 19.0 Å². The Balaban J connectivity index is 1.34. The molecule has 0 aliphatic carbocycles. The number of likely N-dealkylation sites (tertiary alicyclic amines) is 2. The fourth-order valence-electron chi connectivity index (χ4n) is 5.83. The Hall–Kier alpha value is -1.22. The van der Waals surface area contributed by atoms with Crippen molar-refractivity contribution >= 4 is 11.8 Å². The summed E-state index contributed by atoms with van der Waals surface area (Å²) in [6, 6.07) is 0.973. The van der Waals surface area contributed by atoms with Crippen LogP contribution in [0.3, 0.4) is 0 Å². The fourth-order valence-corrected chi connectivity index (χ4v) is 5.83. The first-order chi connectivity index (χ1) is 14.4. The van der Waals surface area contributed by atoms with Gasteiger partial charge >= 0.3 is 0 Å². The number of rotatable bonds is 4. The van der Waals surface area contributed by atoms with Gasteiger partial charge in [0.1, 0.15) is 6.04 Å². The van der Waals surface area contributed by atoms with Gasteiger partial charge in [-0.05, 0) is 59.9 Å². The standard InChI is InChI=1S/C22H40N6O2/c1-24-9-6-17(7-10-24)28-11-8-19-21(28)22(30)23-16-18(26(19)3)4-5-20(29)27-14-12-25(2)13-15-27/h17-19,21H,4-16H2,1-3H3,(H,23,30). The molecule has 170 valence electrons. The zero-order valence-corrected chi connectivity index (χ0v) is 19.1. The van der Waals surface area contributed by atoms with Gasteiger partial charge in [0.25, 0.3) is 0 Å². The number of piperidine rings is 1. The highest BCUT2D eigenvalue weighted by Gasteiger charge is 2.47. The second-order valence-electron chi connectivity index (χ2n) is 9.86. The molecule has 0 aromatic carbocycles. The van der Waals surface area contributed by atoms with E-state index in [1.165, 1.54) is 0 Å². The third-order valence-electron chi connectivity index (χ3n) is 7.99. The summed E-state index contributed by atoms with van der Waals surface area (Å²) < 4.78 is 0.